The van der Waals surface area contributed by atoms with E-state index in [0.717, 1.165) is 10.4 Å². The van der Waals surface area contributed by atoms with E-state index in [0.29, 0.717) is 11.5 Å². The molecule has 3 rings (SSSR count). The van der Waals surface area contributed by atoms with Gasteiger partial charge in [-0.15, -0.1) is 0 Å². The number of anilines is 2. The van der Waals surface area contributed by atoms with Gasteiger partial charge in [0.05, 0.1) is 11.9 Å². The summed E-state index contributed by atoms with van der Waals surface area (Å²) in [5.74, 6) is 0.499. The normalized spacial score (nSPS) is 13.4. The lowest BCUT2D eigenvalue weighted by Gasteiger charge is -2.23. The van der Waals surface area contributed by atoms with Crippen LogP contribution in [0.3, 0.4) is 0 Å². The van der Waals surface area contributed by atoms with Crippen LogP contribution in [0.15, 0.2) is 41.8 Å². The summed E-state index contributed by atoms with van der Waals surface area (Å²) in [4.78, 5) is 3.96. The lowest BCUT2D eigenvalue weighted by atomic mass is 10.3. The van der Waals surface area contributed by atoms with E-state index < -0.39 is 0 Å². The molecule has 2 N–H and O–H groups in total. The molecule has 0 aliphatic carbocycles. The predicted molar refractivity (Wildman–Crippen MR) is 59.5 cm³/mol. The zero-order valence-corrected chi connectivity index (χ0v) is 8.28. The fraction of sp³-hybridized carbons (Fsp3) is 0. The molecule has 1 aromatic carbocycles. The van der Waals surface area contributed by atoms with E-state index in [4.69, 9.17) is 0 Å². The molecule has 0 fully saturated rings. The Morgan fingerprint density at radius 2 is 2.00 bits per heavy atom. The Hall–Kier alpha value is -2.50. The van der Waals surface area contributed by atoms with Crippen LogP contribution in [0.1, 0.15) is 5.69 Å². The molecule has 0 saturated carbocycles. The molecule has 0 bridgehead atoms. The Morgan fingerprint density at radius 1 is 1.19 bits per heavy atom. The highest BCUT2D eigenvalue weighted by Crippen LogP contribution is 2.21. The number of hydrogen-bond acceptors (Lipinski definition) is 5. The van der Waals surface area contributed by atoms with Crippen LogP contribution in [0.5, 0.6) is 0 Å². The molecule has 0 amide bonds. The summed E-state index contributed by atoms with van der Waals surface area (Å²) in [6.07, 6.45) is 2.91. The van der Waals surface area contributed by atoms with E-state index in [-0.39, 0.29) is 0 Å². The fourth-order valence-corrected chi connectivity index (χ4v) is 1.50. The molecule has 0 saturated heterocycles. The van der Waals surface area contributed by atoms with Crippen molar-refractivity contribution in [3.8, 4) is 0 Å². The van der Waals surface area contributed by atoms with Crippen molar-refractivity contribution in [2.75, 3.05) is 10.5 Å². The summed E-state index contributed by atoms with van der Waals surface area (Å²) >= 11 is 0. The molecule has 6 nitrogen and oxygen atoms in total. The number of nitrogens with one attached hydrogen (secondary N) is 1. The smallest absolute Gasteiger partial charge is 0.191 e. The summed E-state index contributed by atoms with van der Waals surface area (Å²) in [6.45, 7) is 0. The van der Waals surface area contributed by atoms with Gasteiger partial charge >= 0.3 is 0 Å². The zero-order valence-electron chi connectivity index (χ0n) is 8.28. The number of imidazole rings is 1. The largest absolute Gasteiger partial charge is 0.425 e. The number of fused-ring (bicyclic) bond motifs is 1. The Bertz CT molecular complexity index is 533. The van der Waals surface area contributed by atoms with E-state index in [9.17, 15) is 5.21 Å². The Balaban J connectivity index is 1.96. The number of hydrazine groups is 1. The van der Waals surface area contributed by atoms with Gasteiger partial charge in [-0.2, -0.15) is 14.9 Å². The molecular formula is C10H9N5O. The molecule has 1 aromatic heterocycles. The van der Waals surface area contributed by atoms with Gasteiger partial charge < -0.3 is 5.21 Å². The van der Waals surface area contributed by atoms with Crippen molar-refractivity contribution < 1.29 is 5.21 Å². The first-order valence-electron chi connectivity index (χ1n) is 4.77. The SMILES string of the molecule is On1cnc2c1NN(c1ccccc1)N=C2. The van der Waals surface area contributed by atoms with Crippen molar-refractivity contribution >= 4 is 17.7 Å². The van der Waals surface area contributed by atoms with Crippen LogP contribution in [-0.2, 0) is 0 Å². The predicted octanol–water partition coefficient (Wildman–Crippen LogP) is 1.30. The molecule has 0 spiro atoms. The third-order valence-electron chi connectivity index (χ3n) is 2.29. The first kappa shape index (κ1) is 8.78. The van der Waals surface area contributed by atoms with Crippen molar-refractivity contribution in [2.24, 2.45) is 5.10 Å². The maximum atomic E-state index is 9.46. The minimum Gasteiger partial charge on any atom is -0.425 e. The van der Waals surface area contributed by atoms with Crippen LogP contribution >= 0.6 is 0 Å². The molecular weight excluding hydrogens is 206 g/mol. The van der Waals surface area contributed by atoms with Gasteiger partial charge in [-0.25, -0.2) is 4.98 Å². The van der Waals surface area contributed by atoms with Gasteiger partial charge in [-0.3, -0.25) is 5.43 Å². The van der Waals surface area contributed by atoms with Crippen molar-refractivity contribution in [3.05, 3.63) is 42.4 Å². The Labute approximate surface area is 91.4 Å². The highest BCUT2D eigenvalue weighted by molar-refractivity contribution is 5.87. The minimum atomic E-state index is 0.499. The van der Waals surface area contributed by atoms with Gasteiger partial charge in [-0.05, 0) is 12.1 Å². The maximum Gasteiger partial charge on any atom is 0.191 e. The number of benzene rings is 1. The summed E-state index contributed by atoms with van der Waals surface area (Å²) in [5, 5.41) is 15.2. The van der Waals surface area contributed by atoms with Crippen LogP contribution in [0.2, 0.25) is 0 Å². The van der Waals surface area contributed by atoms with Gasteiger partial charge in [0.25, 0.3) is 0 Å². The van der Waals surface area contributed by atoms with E-state index in [2.05, 4.69) is 15.5 Å². The van der Waals surface area contributed by atoms with E-state index in [1.807, 2.05) is 30.3 Å². The lowest BCUT2D eigenvalue weighted by Crippen LogP contribution is -2.29. The number of aromatic nitrogens is 2. The number of rotatable bonds is 1. The minimum absolute atomic E-state index is 0.499. The number of hydrazone groups is 1. The number of hydrogen-bond donors (Lipinski definition) is 2. The Kier molecular flexibility index (Phi) is 1.79. The molecule has 1 aliphatic heterocycles. The third-order valence-corrected chi connectivity index (χ3v) is 2.29. The molecule has 2 aromatic rings. The quantitative estimate of drug-likeness (QED) is 0.704. The van der Waals surface area contributed by atoms with Crippen LogP contribution < -0.4 is 10.5 Å². The van der Waals surface area contributed by atoms with E-state index in [1.165, 1.54) is 6.33 Å². The summed E-state index contributed by atoms with van der Waals surface area (Å²) < 4.78 is 0.927. The molecule has 16 heavy (non-hydrogen) atoms. The van der Waals surface area contributed by atoms with Crippen molar-refractivity contribution in [3.63, 3.8) is 0 Å². The van der Waals surface area contributed by atoms with Gasteiger partial charge in [0.1, 0.15) is 12.0 Å². The monoisotopic (exact) mass is 215 g/mol. The van der Waals surface area contributed by atoms with Gasteiger partial charge in [0.15, 0.2) is 5.82 Å². The van der Waals surface area contributed by atoms with Crippen LogP contribution in [0, 0.1) is 0 Å². The number of para-hydroxylation sites is 1. The Morgan fingerprint density at radius 3 is 2.81 bits per heavy atom. The van der Waals surface area contributed by atoms with Gasteiger partial charge in [0.2, 0.25) is 0 Å². The van der Waals surface area contributed by atoms with Crippen LogP contribution in [-0.4, -0.2) is 21.1 Å². The maximum absolute atomic E-state index is 9.46. The van der Waals surface area contributed by atoms with Crippen LogP contribution in [0.4, 0.5) is 11.5 Å². The number of nitrogens with zero attached hydrogens (tertiary/aromatic N) is 4. The first-order chi connectivity index (χ1) is 7.84. The van der Waals surface area contributed by atoms with Gasteiger partial charge in [0, 0.05) is 0 Å². The summed E-state index contributed by atoms with van der Waals surface area (Å²) in [7, 11) is 0. The fourth-order valence-electron chi connectivity index (χ4n) is 1.50. The highest BCUT2D eigenvalue weighted by Gasteiger charge is 2.17. The van der Waals surface area contributed by atoms with Crippen LogP contribution in [0.25, 0.3) is 0 Å². The molecule has 2 heterocycles. The second-order valence-electron chi connectivity index (χ2n) is 3.33. The average molecular weight is 215 g/mol. The van der Waals surface area contributed by atoms with Crippen molar-refractivity contribution in [1.29, 1.82) is 0 Å². The molecule has 6 heteroatoms. The van der Waals surface area contributed by atoms with Gasteiger partial charge in [-0.1, -0.05) is 18.2 Å². The molecule has 80 valence electrons. The molecule has 0 atom stereocenters. The second kappa shape index (κ2) is 3.27. The summed E-state index contributed by atoms with van der Waals surface area (Å²) in [5.41, 5.74) is 4.43. The summed E-state index contributed by atoms with van der Waals surface area (Å²) in [6, 6.07) is 9.58. The molecule has 0 radical (unpaired) electrons. The standard InChI is InChI=1S/C10H9N5O/c16-14-7-11-9-6-12-15(13-10(9)14)8-4-2-1-3-5-8/h1-7,13,16H. The lowest BCUT2D eigenvalue weighted by molar-refractivity contribution is 0.191. The molecule has 1 aliphatic rings. The third kappa shape index (κ3) is 1.28. The van der Waals surface area contributed by atoms with E-state index in [1.54, 1.807) is 11.3 Å². The molecule has 0 unspecified atom stereocenters. The van der Waals surface area contributed by atoms with E-state index >= 15 is 0 Å². The zero-order chi connectivity index (χ0) is 11.0. The first-order valence-corrected chi connectivity index (χ1v) is 4.77. The van der Waals surface area contributed by atoms with Crippen molar-refractivity contribution in [1.82, 2.24) is 9.71 Å². The topological polar surface area (TPSA) is 65.7 Å². The van der Waals surface area contributed by atoms with Crippen molar-refractivity contribution in [2.45, 2.75) is 0 Å². The average Bonchev–Trinajstić information content (AvgIpc) is 2.72. The highest BCUT2D eigenvalue weighted by atomic mass is 16.5. The second-order valence-corrected chi connectivity index (χ2v) is 3.33.